The fraction of sp³-hybridized carbons (Fsp3) is 0.290. The maximum absolute atomic E-state index is 5.84. The van der Waals surface area contributed by atoms with Gasteiger partial charge in [-0.2, -0.15) is 20.5 Å². The van der Waals surface area contributed by atoms with Crippen molar-refractivity contribution in [3.63, 3.8) is 0 Å². The first-order valence-corrected chi connectivity index (χ1v) is 15.5. The molecule has 0 fully saturated rings. The van der Waals surface area contributed by atoms with Crippen LogP contribution in [0.5, 0.6) is 5.75 Å². The summed E-state index contributed by atoms with van der Waals surface area (Å²) in [6.07, 6.45) is 7.54. The molecule has 4 rings (SSSR count). The standard InChI is InChI=1S/C31H35IN6OS/c1-3-4-5-6-7-8-21-39-28-16-13-26(14-17-28)34-33-24-9-11-25(12-10-24)35-37-29-18-15-27(22-23(29)2)36-38-31-20-19-30(32)40-31/h9-20,22,36,38H,3-8,21H2,1-2H3. The lowest BCUT2D eigenvalue weighted by molar-refractivity contribution is 0.304. The molecule has 0 saturated carbocycles. The van der Waals surface area contributed by atoms with Crippen LogP contribution in [0, 0.1) is 9.81 Å². The fourth-order valence-corrected chi connectivity index (χ4v) is 5.33. The molecule has 7 nitrogen and oxygen atoms in total. The number of anilines is 2. The van der Waals surface area contributed by atoms with E-state index in [2.05, 4.69) is 66.9 Å². The van der Waals surface area contributed by atoms with Crippen molar-refractivity contribution in [3.8, 4) is 5.75 Å². The van der Waals surface area contributed by atoms with E-state index in [0.717, 1.165) is 57.8 Å². The summed E-state index contributed by atoms with van der Waals surface area (Å²) in [5, 5.41) is 18.6. The van der Waals surface area contributed by atoms with Gasteiger partial charge in [-0.3, -0.25) is 5.43 Å². The number of hydrogen-bond acceptors (Lipinski definition) is 8. The highest BCUT2D eigenvalue weighted by Crippen LogP contribution is 2.28. The number of benzene rings is 3. The number of nitrogens with one attached hydrogen (secondary N) is 2. The smallest absolute Gasteiger partial charge is 0.119 e. The summed E-state index contributed by atoms with van der Waals surface area (Å²) < 4.78 is 7.08. The van der Waals surface area contributed by atoms with Crippen LogP contribution in [0.25, 0.3) is 0 Å². The third kappa shape index (κ3) is 10.0. The normalized spacial score (nSPS) is 11.4. The topological polar surface area (TPSA) is 82.7 Å². The second-order valence-electron chi connectivity index (χ2n) is 9.38. The third-order valence-electron chi connectivity index (χ3n) is 6.11. The average Bonchev–Trinajstić information content (AvgIpc) is 3.40. The monoisotopic (exact) mass is 666 g/mol. The summed E-state index contributed by atoms with van der Waals surface area (Å²) in [5.41, 5.74) is 11.5. The lowest BCUT2D eigenvalue weighted by Crippen LogP contribution is -2.06. The first-order valence-electron chi connectivity index (χ1n) is 13.6. The Labute approximate surface area is 254 Å². The Morgan fingerprint density at radius 2 is 1.32 bits per heavy atom. The van der Waals surface area contributed by atoms with Crippen molar-refractivity contribution in [3.05, 3.63) is 87.3 Å². The molecule has 0 unspecified atom stereocenters. The number of aryl methyl sites for hydroxylation is 1. The molecule has 9 heteroatoms. The van der Waals surface area contributed by atoms with E-state index in [1.165, 1.54) is 35.0 Å². The Kier molecular flexibility index (Phi) is 11.9. The van der Waals surface area contributed by atoms with Gasteiger partial charge < -0.3 is 10.2 Å². The van der Waals surface area contributed by atoms with Crippen LogP contribution in [0.1, 0.15) is 51.0 Å². The molecule has 0 atom stereocenters. The summed E-state index contributed by atoms with van der Waals surface area (Å²) in [6, 6.07) is 25.4. The van der Waals surface area contributed by atoms with Crippen LogP contribution in [0.4, 0.5) is 33.4 Å². The molecule has 4 aromatic rings. The zero-order chi connectivity index (χ0) is 28.0. The minimum atomic E-state index is 0.751. The van der Waals surface area contributed by atoms with Crippen LogP contribution in [0.3, 0.4) is 0 Å². The number of thiophene rings is 1. The predicted molar refractivity (Wildman–Crippen MR) is 176 cm³/mol. The SMILES string of the molecule is CCCCCCCCOc1ccc(N=Nc2ccc(N=Nc3ccc(NNc4ccc(I)s4)cc3C)cc2)cc1. The average molecular weight is 667 g/mol. The molecule has 0 spiro atoms. The number of hydrazine groups is 1. The Morgan fingerprint density at radius 1 is 0.700 bits per heavy atom. The Morgan fingerprint density at radius 3 is 1.95 bits per heavy atom. The Bertz CT molecular complexity index is 1390. The van der Waals surface area contributed by atoms with Crippen molar-refractivity contribution in [2.45, 2.75) is 52.4 Å². The molecule has 3 aromatic carbocycles. The van der Waals surface area contributed by atoms with Crippen LogP contribution in [-0.4, -0.2) is 6.61 Å². The van der Waals surface area contributed by atoms with Crippen molar-refractivity contribution in [2.75, 3.05) is 17.5 Å². The molecule has 0 aliphatic rings. The van der Waals surface area contributed by atoms with Crippen molar-refractivity contribution >= 4 is 67.4 Å². The summed E-state index contributed by atoms with van der Waals surface area (Å²) >= 11 is 4.00. The molecular formula is C31H35IN6OS. The van der Waals surface area contributed by atoms with Crippen LogP contribution >= 0.6 is 33.9 Å². The van der Waals surface area contributed by atoms with Crippen molar-refractivity contribution in [1.82, 2.24) is 0 Å². The number of ether oxygens (including phenoxy) is 1. The molecule has 0 bridgehead atoms. The van der Waals surface area contributed by atoms with Gasteiger partial charge in [-0.15, -0.1) is 11.3 Å². The van der Waals surface area contributed by atoms with Gasteiger partial charge in [0.1, 0.15) is 10.8 Å². The molecule has 0 radical (unpaired) electrons. The highest BCUT2D eigenvalue weighted by atomic mass is 127. The molecule has 1 heterocycles. The second-order valence-corrected chi connectivity index (χ2v) is 12.4. The summed E-state index contributed by atoms with van der Waals surface area (Å²) in [4.78, 5) is 0. The van der Waals surface area contributed by atoms with Crippen molar-refractivity contribution < 1.29 is 4.74 Å². The van der Waals surface area contributed by atoms with E-state index in [9.17, 15) is 0 Å². The van der Waals surface area contributed by atoms with Gasteiger partial charge in [0, 0.05) is 0 Å². The summed E-state index contributed by atoms with van der Waals surface area (Å²) in [6.45, 7) is 5.01. The van der Waals surface area contributed by atoms with Crippen molar-refractivity contribution in [1.29, 1.82) is 0 Å². The molecule has 208 valence electrons. The molecule has 2 N–H and O–H groups in total. The Hall–Kier alpha value is -3.31. The largest absolute Gasteiger partial charge is 0.494 e. The molecule has 0 aliphatic heterocycles. The van der Waals surface area contributed by atoms with Gasteiger partial charge in [0.2, 0.25) is 0 Å². The zero-order valence-electron chi connectivity index (χ0n) is 22.9. The van der Waals surface area contributed by atoms with Gasteiger partial charge in [-0.05, 0) is 120 Å². The first-order chi connectivity index (χ1) is 19.6. The number of rotatable bonds is 15. The maximum Gasteiger partial charge on any atom is 0.119 e. The van der Waals surface area contributed by atoms with Crippen molar-refractivity contribution in [2.24, 2.45) is 20.5 Å². The fourth-order valence-electron chi connectivity index (χ4n) is 3.86. The number of halogens is 1. The minimum absolute atomic E-state index is 0.751. The van der Waals surface area contributed by atoms with Crippen LogP contribution in [0.15, 0.2) is 99.3 Å². The lowest BCUT2D eigenvalue weighted by Gasteiger charge is -2.09. The lowest BCUT2D eigenvalue weighted by atomic mass is 10.1. The molecule has 0 aliphatic carbocycles. The van der Waals surface area contributed by atoms with Gasteiger partial charge in [-0.25, -0.2) is 0 Å². The number of unbranched alkanes of at least 4 members (excludes halogenated alkanes) is 5. The molecular weight excluding hydrogens is 631 g/mol. The number of azo groups is 2. The number of nitrogens with zero attached hydrogens (tertiary/aromatic N) is 4. The predicted octanol–water partition coefficient (Wildman–Crippen LogP) is 11.7. The zero-order valence-corrected chi connectivity index (χ0v) is 25.9. The molecule has 40 heavy (non-hydrogen) atoms. The third-order valence-corrected chi connectivity index (χ3v) is 7.92. The highest BCUT2D eigenvalue weighted by molar-refractivity contribution is 14.1. The van der Waals surface area contributed by atoms with E-state index in [4.69, 9.17) is 4.74 Å². The summed E-state index contributed by atoms with van der Waals surface area (Å²) in [5.74, 6) is 0.869. The van der Waals surface area contributed by atoms with Gasteiger partial charge in [0.05, 0.1) is 37.9 Å². The van der Waals surface area contributed by atoms with E-state index in [1.54, 1.807) is 11.3 Å². The van der Waals surface area contributed by atoms with E-state index < -0.39 is 0 Å². The number of hydrogen-bond donors (Lipinski definition) is 2. The van der Waals surface area contributed by atoms with Gasteiger partial charge in [0.25, 0.3) is 0 Å². The quantitative estimate of drug-likeness (QED) is 0.0573. The van der Waals surface area contributed by atoms with E-state index >= 15 is 0 Å². The second kappa shape index (κ2) is 16.1. The maximum atomic E-state index is 5.84. The van der Waals surface area contributed by atoms with Gasteiger partial charge >= 0.3 is 0 Å². The molecule has 0 saturated heterocycles. The molecule has 0 amide bonds. The molecule has 1 aromatic heterocycles. The highest BCUT2D eigenvalue weighted by Gasteiger charge is 2.02. The van der Waals surface area contributed by atoms with Crippen LogP contribution < -0.4 is 15.6 Å². The summed E-state index contributed by atoms with van der Waals surface area (Å²) in [7, 11) is 0. The minimum Gasteiger partial charge on any atom is -0.494 e. The van der Waals surface area contributed by atoms with Crippen LogP contribution in [-0.2, 0) is 0 Å². The Balaban J connectivity index is 1.23. The van der Waals surface area contributed by atoms with Crippen LogP contribution in [0.2, 0.25) is 0 Å². The van der Waals surface area contributed by atoms with E-state index in [-0.39, 0.29) is 0 Å². The van der Waals surface area contributed by atoms with Gasteiger partial charge in [-0.1, -0.05) is 39.0 Å². The van der Waals surface area contributed by atoms with Gasteiger partial charge in [0.15, 0.2) is 0 Å². The van der Waals surface area contributed by atoms with E-state index in [1.807, 2.05) is 79.7 Å². The first kappa shape index (κ1) is 29.7. The van der Waals surface area contributed by atoms with E-state index in [0.29, 0.717) is 0 Å².